The smallest absolute Gasteiger partial charge is 0.239 e. The van der Waals surface area contributed by atoms with Crippen molar-refractivity contribution in [2.24, 2.45) is 0 Å². The summed E-state index contributed by atoms with van der Waals surface area (Å²) in [5, 5.41) is 6.20. The van der Waals surface area contributed by atoms with Crippen molar-refractivity contribution in [3.8, 4) is 5.75 Å². The highest BCUT2D eigenvalue weighted by Gasteiger charge is 2.28. The number of anilines is 1. The number of carbonyl (C=O) groups excluding carboxylic acids is 1. The summed E-state index contributed by atoms with van der Waals surface area (Å²) >= 11 is 9.39. The third kappa shape index (κ3) is 5.26. The zero-order chi connectivity index (χ0) is 17.0. The molecule has 2 rings (SSSR count). The maximum atomic E-state index is 12.0. The van der Waals surface area contributed by atoms with Gasteiger partial charge in [0.1, 0.15) is 0 Å². The highest BCUT2D eigenvalue weighted by Crippen LogP contribution is 2.36. The number of halogens is 2. The van der Waals surface area contributed by atoms with Crippen molar-refractivity contribution in [3.63, 3.8) is 0 Å². The van der Waals surface area contributed by atoms with E-state index in [0.29, 0.717) is 34.0 Å². The Morgan fingerprint density at radius 1 is 1.48 bits per heavy atom. The van der Waals surface area contributed by atoms with Crippen molar-refractivity contribution < 1.29 is 17.9 Å². The first-order chi connectivity index (χ1) is 10.8. The zero-order valence-corrected chi connectivity index (χ0v) is 15.7. The van der Waals surface area contributed by atoms with Crippen LogP contribution in [-0.2, 0) is 14.6 Å². The van der Waals surface area contributed by atoms with E-state index in [2.05, 4.69) is 26.6 Å². The van der Waals surface area contributed by atoms with Crippen LogP contribution in [0.3, 0.4) is 0 Å². The number of benzene rings is 1. The summed E-state index contributed by atoms with van der Waals surface area (Å²) in [6, 6.07) is 3.07. The van der Waals surface area contributed by atoms with E-state index in [-0.39, 0.29) is 30.0 Å². The minimum Gasteiger partial charge on any atom is -0.491 e. The van der Waals surface area contributed by atoms with Crippen molar-refractivity contribution in [2.45, 2.75) is 19.4 Å². The number of sulfone groups is 1. The van der Waals surface area contributed by atoms with Gasteiger partial charge >= 0.3 is 0 Å². The van der Waals surface area contributed by atoms with Gasteiger partial charge in [0.25, 0.3) is 0 Å². The van der Waals surface area contributed by atoms with Gasteiger partial charge in [-0.25, -0.2) is 8.42 Å². The summed E-state index contributed by atoms with van der Waals surface area (Å²) in [7, 11) is -3.01. The molecule has 1 amide bonds. The minimum absolute atomic E-state index is 0.00338. The van der Waals surface area contributed by atoms with Crippen LogP contribution in [0, 0.1) is 0 Å². The lowest BCUT2D eigenvalue weighted by Crippen LogP contribution is -2.39. The Morgan fingerprint density at radius 3 is 2.83 bits per heavy atom. The third-order valence-corrected chi connectivity index (χ3v) is 5.91. The van der Waals surface area contributed by atoms with Crippen LogP contribution < -0.4 is 15.4 Å². The molecule has 0 aromatic heterocycles. The second kappa shape index (κ2) is 7.72. The van der Waals surface area contributed by atoms with E-state index in [0.717, 1.165) is 0 Å². The molecule has 1 aliphatic heterocycles. The maximum Gasteiger partial charge on any atom is 0.239 e. The van der Waals surface area contributed by atoms with Gasteiger partial charge in [0, 0.05) is 11.1 Å². The van der Waals surface area contributed by atoms with E-state index >= 15 is 0 Å². The van der Waals surface area contributed by atoms with Gasteiger partial charge < -0.3 is 15.4 Å². The molecule has 0 radical (unpaired) electrons. The van der Waals surface area contributed by atoms with Gasteiger partial charge in [0.15, 0.2) is 15.6 Å². The Balaban J connectivity index is 1.96. The molecule has 0 aliphatic carbocycles. The van der Waals surface area contributed by atoms with E-state index in [1.165, 1.54) is 0 Å². The van der Waals surface area contributed by atoms with Crippen LogP contribution in [0.15, 0.2) is 16.6 Å². The molecular weight excluding hydrogens is 408 g/mol. The molecule has 0 bridgehead atoms. The van der Waals surface area contributed by atoms with E-state index in [1.807, 2.05) is 6.92 Å². The SMILES string of the molecule is CCOc1c(Br)cc(Cl)cc1NCC(=O)N[C@@H]1CCS(=O)(=O)C1. The first kappa shape index (κ1) is 18.4. The van der Waals surface area contributed by atoms with Gasteiger partial charge in [-0.1, -0.05) is 11.6 Å². The predicted molar refractivity (Wildman–Crippen MR) is 94.0 cm³/mol. The number of hydrogen-bond donors (Lipinski definition) is 2. The molecule has 1 heterocycles. The van der Waals surface area contributed by atoms with E-state index in [4.69, 9.17) is 16.3 Å². The van der Waals surface area contributed by atoms with Gasteiger partial charge in [-0.15, -0.1) is 0 Å². The average Bonchev–Trinajstić information content (AvgIpc) is 2.79. The largest absolute Gasteiger partial charge is 0.491 e. The molecule has 1 aliphatic rings. The zero-order valence-electron chi connectivity index (χ0n) is 12.6. The van der Waals surface area contributed by atoms with Gasteiger partial charge in [-0.2, -0.15) is 0 Å². The van der Waals surface area contributed by atoms with Gasteiger partial charge in [-0.05, 0) is 41.4 Å². The Kier molecular flexibility index (Phi) is 6.16. The van der Waals surface area contributed by atoms with Crippen molar-refractivity contribution in [2.75, 3.05) is 30.0 Å². The standard InChI is InChI=1S/C14H18BrClN2O4S/c1-2-22-14-11(15)5-9(16)6-12(14)17-7-13(19)18-10-3-4-23(20,21)8-10/h5-6,10,17H,2-4,7-8H2,1H3,(H,18,19)/t10-/m1/s1. The molecule has 6 nitrogen and oxygen atoms in total. The van der Waals surface area contributed by atoms with Crippen LogP contribution in [0.25, 0.3) is 0 Å². The topological polar surface area (TPSA) is 84.5 Å². The molecular formula is C14H18BrClN2O4S. The van der Waals surface area contributed by atoms with Crippen LogP contribution in [0.5, 0.6) is 5.75 Å². The fraction of sp³-hybridized carbons (Fsp3) is 0.500. The molecule has 2 N–H and O–H groups in total. The van der Waals surface area contributed by atoms with Crippen LogP contribution in [-0.4, -0.2) is 45.0 Å². The van der Waals surface area contributed by atoms with Crippen molar-refractivity contribution >= 4 is 49.0 Å². The second-order valence-electron chi connectivity index (χ2n) is 5.22. The molecule has 0 spiro atoms. The molecule has 128 valence electrons. The minimum atomic E-state index is -3.01. The molecule has 9 heteroatoms. The number of rotatable bonds is 6. The first-order valence-electron chi connectivity index (χ1n) is 7.16. The maximum absolute atomic E-state index is 12.0. The number of amides is 1. The molecule has 0 saturated carbocycles. The van der Waals surface area contributed by atoms with Crippen molar-refractivity contribution in [3.05, 3.63) is 21.6 Å². The van der Waals surface area contributed by atoms with Crippen LogP contribution in [0.2, 0.25) is 5.02 Å². The van der Waals surface area contributed by atoms with E-state index < -0.39 is 9.84 Å². The summed E-state index contributed by atoms with van der Waals surface area (Å²) in [4.78, 5) is 12.0. The number of nitrogens with one attached hydrogen (secondary N) is 2. The molecule has 1 fully saturated rings. The van der Waals surface area contributed by atoms with Crippen molar-refractivity contribution in [1.29, 1.82) is 0 Å². The van der Waals surface area contributed by atoms with Crippen LogP contribution in [0.1, 0.15) is 13.3 Å². The highest BCUT2D eigenvalue weighted by molar-refractivity contribution is 9.10. The van der Waals surface area contributed by atoms with E-state index in [9.17, 15) is 13.2 Å². The predicted octanol–water partition coefficient (Wildman–Crippen LogP) is 2.22. The molecule has 1 atom stereocenters. The Labute approximate surface area is 149 Å². The Morgan fingerprint density at radius 2 is 2.22 bits per heavy atom. The quantitative estimate of drug-likeness (QED) is 0.730. The molecule has 1 aromatic rings. The fourth-order valence-corrected chi connectivity index (χ4v) is 4.94. The molecule has 0 unspecified atom stereocenters. The molecule has 1 aromatic carbocycles. The van der Waals surface area contributed by atoms with E-state index in [1.54, 1.807) is 12.1 Å². The van der Waals surface area contributed by atoms with Crippen LogP contribution >= 0.6 is 27.5 Å². The molecule has 1 saturated heterocycles. The Bertz CT molecular complexity index is 696. The van der Waals surface area contributed by atoms with Gasteiger partial charge in [-0.3, -0.25) is 4.79 Å². The number of ether oxygens (including phenoxy) is 1. The number of carbonyl (C=O) groups is 1. The highest BCUT2D eigenvalue weighted by atomic mass is 79.9. The number of hydrogen-bond acceptors (Lipinski definition) is 5. The Hall–Kier alpha value is -0.990. The summed E-state index contributed by atoms with van der Waals surface area (Å²) in [5.41, 5.74) is 0.598. The third-order valence-electron chi connectivity index (χ3n) is 3.33. The lowest BCUT2D eigenvalue weighted by molar-refractivity contribution is -0.119. The fourth-order valence-electron chi connectivity index (χ4n) is 2.35. The lowest BCUT2D eigenvalue weighted by atomic mass is 10.2. The summed E-state index contributed by atoms with van der Waals surface area (Å²) in [6.07, 6.45) is 0.459. The summed E-state index contributed by atoms with van der Waals surface area (Å²) < 4.78 is 29.0. The van der Waals surface area contributed by atoms with Gasteiger partial charge in [0.2, 0.25) is 5.91 Å². The lowest BCUT2D eigenvalue weighted by Gasteiger charge is -2.16. The summed E-state index contributed by atoms with van der Waals surface area (Å²) in [5.74, 6) is 0.436. The van der Waals surface area contributed by atoms with Crippen molar-refractivity contribution in [1.82, 2.24) is 5.32 Å². The molecule has 23 heavy (non-hydrogen) atoms. The van der Waals surface area contributed by atoms with Crippen LogP contribution in [0.4, 0.5) is 5.69 Å². The first-order valence-corrected chi connectivity index (χ1v) is 10.2. The normalized spacial score (nSPS) is 19.3. The second-order valence-corrected chi connectivity index (χ2v) is 8.74. The van der Waals surface area contributed by atoms with Gasteiger partial charge in [0.05, 0.1) is 34.8 Å². The average molecular weight is 426 g/mol. The summed E-state index contributed by atoms with van der Waals surface area (Å²) in [6.45, 7) is 2.34. The monoisotopic (exact) mass is 424 g/mol.